The standard InChI is InChI=1S/C23H32N4O2/c1-14(2)20(13-28)24-21-11-22(26-23(25-21)16-4-5-16)27-9-8-18-10-17(15(3)29)6-7-19(18)12-27/h6-7,10-11,14-16,20,28-29H,4-5,8-9,12-13H2,1-3H3,(H,24,25,26)/t15-,20-/m0/s1. The molecule has 6 heteroatoms. The van der Waals surface area contributed by atoms with Crippen LogP contribution in [0, 0.1) is 5.92 Å². The van der Waals surface area contributed by atoms with Gasteiger partial charge in [-0.25, -0.2) is 9.97 Å². The van der Waals surface area contributed by atoms with Crippen LogP contribution < -0.4 is 10.2 Å². The maximum absolute atomic E-state index is 9.85. The second-order valence-electron chi connectivity index (χ2n) is 8.80. The molecule has 0 spiro atoms. The van der Waals surface area contributed by atoms with Crippen LogP contribution in [0.25, 0.3) is 0 Å². The summed E-state index contributed by atoms with van der Waals surface area (Å²) in [6, 6.07) is 8.28. The monoisotopic (exact) mass is 396 g/mol. The Morgan fingerprint density at radius 1 is 1.14 bits per heavy atom. The van der Waals surface area contributed by atoms with E-state index in [1.165, 1.54) is 11.1 Å². The van der Waals surface area contributed by atoms with E-state index in [4.69, 9.17) is 9.97 Å². The van der Waals surface area contributed by atoms with Gasteiger partial charge < -0.3 is 20.4 Å². The molecule has 0 saturated heterocycles. The first-order chi connectivity index (χ1) is 13.9. The van der Waals surface area contributed by atoms with Gasteiger partial charge >= 0.3 is 0 Å². The van der Waals surface area contributed by atoms with Crippen molar-refractivity contribution in [2.24, 2.45) is 5.92 Å². The van der Waals surface area contributed by atoms with Crippen molar-refractivity contribution in [2.75, 3.05) is 23.4 Å². The molecule has 2 aromatic rings. The van der Waals surface area contributed by atoms with Crippen LogP contribution in [0.4, 0.5) is 11.6 Å². The van der Waals surface area contributed by atoms with Crippen LogP contribution >= 0.6 is 0 Å². The molecule has 0 amide bonds. The number of aliphatic hydroxyl groups is 2. The average molecular weight is 397 g/mol. The third-order valence-corrected chi connectivity index (χ3v) is 6.06. The summed E-state index contributed by atoms with van der Waals surface area (Å²) in [6.45, 7) is 7.79. The number of hydrogen-bond donors (Lipinski definition) is 3. The lowest BCUT2D eigenvalue weighted by molar-refractivity contribution is 0.199. The van der Waals surface area contributed by atoms with Gasteiger partial charge in [0.25, 0.3) is 0 Å². The summed E-state index contributed by atoms with van der Waals surface area (Å²) < 4.78 is 0. The zero-order valence-corrected chi connectivity index (χ0v) is 17.6. The van der Waals surface area contributed by atoms with E-state index in [2.05, 4.69) is 36.2 Å². The Balaban J connectivity index is 1.59. The number of benzene rings is 1. The van der Waals surface area contributed by atoms with E-state index in [0.717, 1.165) is 55.4 Å². The fourth-order valence-corrected chi connectivity index (χ4v) is 3.85. The summed E-state index contributed by atoms with van der Waals surface area (Å²) in [4.78, 5) is 11.9. The second kappa shape index (κ2) is 8.28. The average Bonchev–Trinajstić information content (AvgIpc) is 3.56. The highest BCUT2D eigenvalue weighted by Gasteiger charge is 2.29. The van der Waals surface area contributed by atoms with Crippen molar-refractivity contribution in [3.8, 4) is 0 Å². The molecule has 2 aliphatic rings. The molecule has 0 radical (unpaired) electrons. The minimum absolute atomic E-state index is 0.0224. The number of rotatable bonds is 7. The van der Waals surface area contributed by atoms with E-state index in [0.29, 0.717) is 11.8 Å². The molecule has 6 nitrogen and oxygen atoms in total. The van der Waals surface area contributed by atoms with E-state index >= 15 is 0 Å². The molecule has 1 aromatic heterocycles. The van der Waals surface area contributed by atoms with Crippen LogP contribution in [0.2, 0.25) is 0 Å². The normalized spacial score (nSPS) is 18.5. The Morgan fingerprint density at radius 2 is 1.93 bits per heavy atom. The Labute approximate surface area is 173 Å². The zero-order chi connectivity index (χ0) is 20.5. The highest BCUT2D eigenvalue weighted by molar-refractivity contribution is 5.53. The molecule has 4 rings (SSSR count). The molecule has 2 atom stereocenters. The molecule has 1 saturated carbocycles. The SMILES string of the molecule is CC(C)[C@H](CO)Nc1cc(N2CCc3cc([C@H](C)O)ccc3C2)nc(C2CC2)n1. The third kappa shape index (κ3) is 4.54. The van der Waals surface area contributed by atoms with Crippen LogP contribution in [0.5, 0.6) is 0 Å². The molecule has 1 aliphatic carbocycles. The van der Waals surface area contributed by atoms with E-state index in [9.17, 15) is 10.2 Å². The van der Waals surface area contributed by atoms with Crippen LogP contribution in [-0.4, -0.2) is 39.4 Å². The lowest BCUT2D eigenvalue weighted by Gasteiger charge is -2.31. The van der Waals surface area contributed by atoms with Gasteiger partial charge in [0, 0.05) is 25.1 Å². The Morgan fingerprint density at radius 3 is 2.59 bits per heavy atom. The molecular weight excluding hydrogens is 364 g/mol. The third-order valence-electron chi connectivity index (χ3n) is 6.06. The molecule has 3 N–H and O–H groups in total. The molecular formula is C23H32N4O2. The maximum atomic E-state index is 9.85. The van der Waals surface area contributed by atoms with Crippen molar-refractivity contribution in [2.45, 2.75) is 64.6 Å². The summed E-state index contributed by atoms with van der Waals surface area (Å²) in [5.74, 6) is 3.45. The number of aliphatic hydroxyl groups excluding tert-OH is 2. The molecule has 29 heavy (non-hydrogen) atoms. The van der Waals surface area contributed by atoms with Crippen molar-refractivity contribution < 1.29 is 10.2 Å². The van der Waals surface area contributed by atoms with Gasteiger partial charge in [-0.15, -0.1) is 0 Å². The molecule has 2 heterocycles. The van der Waals surface area contributed by atoms with Crippen molar-refractivity contribution in [1.82, 2.24) is 9.97 Å². The Kier molecular flexibility index (Phi) is 5.74. The zero-order valence-electron chi connectivity index (χ0n) is 17.6. The van der Waals surface area contributed by atoms with Gasteiger partial charge in [0.1, 0.15) is 17.5 Å². The molecule has 1 aliphatic heterocycles. The van der Waals surface area contributed by atoms with Gasteiger partial charge in [-0.05, 0) is 48.8 Å². The maximum Gasteiger partial charge on any atom is 0.136 e. The van der Waals surface area contributed by atoms with Gasteiger partial charge in [0.15, 0.2) is 0 Å². The van der Waals surface area contributed by atoms with Crippen LogP contribution in [0.3, 0.4) is 0 Å². The lowest BCUT2D eigenvalue weighted by Crippen LogP contribution is -2.32. The largest absolute Gasteiger partial charge is 0.394 e. The van der Waals surface area contributed by atoms with Crippen molar-refractivity contribution >= 4 is 11.6 Å². The lowest BCUT2D eigenvalue weighted by atomic mass is 9.96. The predicted molar refractivity (Wildman–Crippen MR) is 115 cm³/mol. The van der Waals surface area contributed by atoms with Gasteiger partial charge in [-0.3, -0.25) is 0 Å². The van der Waals surface area contributed by atoms with Crippen LogP contribution in [0.1, 0.15) is 68.1 Å². The van der Waals surface area contributed by atoms with Crippen molar-refractivity contribution in [3.05, 3.63) is 46.8 Å². The fourth-order valence-electron chi connectivity index (χ4n) is 3.85. The summed E-state index contributed by atoms with van der Waals surface area (Å²) in [5, 5.41) is 23.0. The highest BCUT2D eigenvalue weighted by Crippen LogP contribution is 2.39. The minimum atomic E-state index is -0.435. The first-order valence-corrected chi connectivity index (χ1v) is 10.8. The fraction of sp³-hybridized carbons (Fsp3) is 0.565. The summed E-state index contributed by atoms with van der Waals surface area (Å²) in [6.07, 6.45) is 2.81. The molecule has 1 fully saturated rings. The first kappa shape index (κ1) is 20.1. The number of hydrogen-bond acceptors (Lipinski definition) is 6. The van der Waals surface area contributed by atoms with Crippen LogP contribution in [0.15, 0.2) is 24.3 Å². The van der Waals surface area contributed by atoms with E-state index < -0.39 is 6.10 Å². The number of aromatic nitrogens is 2. The number of anilines is 2. The minimum Gasteiger partial charge on any atom is -0.394 e. The highest BCUT2D eigenvalue weighted by atomic mass is 16.3. The van der Waals surface area contributed by atoms with E-state index in [-0.39, 0.29) is 12.6 Å². The Bertz CT molecular complexity index is 864. The van der Waals surface area contributed by atoms with E-state index in [1.54, 1.807) is 0 Å². The predicted octanol–water partition coefficient (Wildman–Crippen LogP) is 3.40. The van der Waals surface area contributed by atoms with Gasteiger partial charge in [-0.2, -0.15) is 0 Å². The van der Waals surface area contributed by atoms with E-state index in [1.807, 2.05) is 19.1 Å². The second-order valence-corrected chi connectivity index (χ2v) is 8.80. The summed E-state index contributed by atoms with van der Waals surface area (Å²) >= 11 is 0. The quantitative estimate of drug-likeness (QED) is 0.666. The first-order valence-electron chi connectivity index (χ1n) is 10.8. The summed E-state index contributed by atoms with van der Waals surface area (Å²) in [5.41, 5.74) is 3.58. The number of fused-ring (bicyclic) bond motifs is 1. The molecule has 0 unspecified atom stereocenters. The van der Waals surface area contributed by atoms with Gasteiger partial charge in [0.2, 0.25) is 0 Å². The van der Waals surface area contributed by atoms with Gasteiger partial charge in [0.05, 0.1) is 18.8 Å². The molecule has 0 bridgehead atoms. The Hall–Kier alpha value is -2.18. The van der Waals surface area contributed by atoms with Crippen LogP contribution in [-0.2, 0) is 13.0 Å². The smallest absolute Gasteiger partial charge is 0.136 e. The number of nitrogens with one attached hydrogen (secondary N) is 1. The topological polar surface area (TPSA) is 81.5 Å². The molecule has 1 aromatic carbocycles. The molecule has 156 valence electrons. The van der Waals surface area contributed by atoms with Crippen molar-refractivity contribution in [1.29, 1.82) is 0 Å². The summed E-state index contributed by atoms with van der Waals surface area (Å²) in [7, 11) is 0. The van der Waals surface area contributed by atoms with Gasteiger partial charge in [-0.1, -0.05) is 32.0 Å². The number of nitrogens with zero attached hydrogens (tertiary/aromatic N) is 3. The van der Waals surface area contributed by atoms with Crippen molar-refractivity contribution in [3.63, 3.8) is 0 Å².